The Hall–Kier alpha value is -2.38. The van der Waals surface area contributed by atoms with Crippen molar-refractivity contribution in [1.82, 2.24) is 19.7 Å². The molecule has 0 saturated heterocycles. The number of nitrogens with zero attached hydrogens (tertiary/aromatic N) is 4. The van der Waals surface area contributed by atoms with Gasteiger partial charge in [-0.25, -0.2) is 9.78 Å². The third-order valence-electron chi connectivity index (χ3n) is 2.63. The van der Waals surface area contributed by atoms with Gasteiger partial charge in [-0.1, -0.05) is 5.16 Å². The van der Waals surface area contributed by atoms with E-state index in [4.69, 9.17) is 10.5 Å². The van der Waals surface area contributed by atoms with Crippen LogP contribution in [0.25, 0.3) is 0 Å². The van der Waals surface area contributed by atoms with Gasteiger partial charge in [-0.2, -0.15) is 4.98 Å². The van der Waals surface area contributed by atoms with Gasteiger partial charge in [0.15, 0.2) is 11.5 Å². The summed E-state index contributed by atoms with van der Waals surface area (Å²) in [5, 5.41) is 3.71. The highest BCUT2D eigenvalue weighted by Crippen LogP contribution is 2.15. The highest BCUT2D eigenvalue weighted by molar-refractivity contribution is 5.92. The van der Waals surface area contributed by atoms with Crippen LogP contribution in [0.15, 0.2) is 10.9 Å². The first-order chi connectivity index (χ1) is 9.13. The van der Waals surface area contributed by atoms with E-state index in [1.54, 1.807) is 18.4 Å². The topological polar surface area (TPSA) is 109 Å². The van der Waals surface area contributed by atoms with E-state index in [-0.39, 0.29) is 12.3 Å². The maximum absolute atomic E-state index is 11.6. The molecule has 19 heavy (non-hydrogen) atoms. The zero-order chi connectivity index (χ0) is 13.8. The molecule has 8 heteroatoms. The van der Waals surface area contributed by atoms with E-state index >= 15 is 0 Å². The van der Waals surface area contributed by atoms with Crippen molar-refractivity contribution in [3.8, 4) is 0 Å². The highest BCUT2D eigenvalue weighted by Gasteiger charge is 2.19. The number of hydrogen-bond donors (Lipinski definition) is 1. The average Bonchev–Trinajstić information content (AvgIpc) is 2.97. The van der Waals surface area contributed by atoms with Crippen molar-refractivity contribution in [3.63, 3.8) is 0 Å². The largest absolute Gasteiger partial charge is 0.461 e. The number of nitrogens with two attached hydrogens (primary N) is 1. The minimum Gasteiger partial charge on any atom is -0.461 e. The van der Waals surface area contributed by atoms with Gasteiger partial charge >= 0.3 is 5.97 Å². The van der Waals surface area contributed by atoms with E-state index in [0.717, 1.165) is 0 Å². The fourth-order valence-corrected chi connectivity index (χ4v) is 1.73. The second kappa shape index (κ2) is 5.51. The van der Waals surface area contributed by atoms with E-state index in [9.17, 15) is 4.79 Å². The Morgan fingerprint density at radius 2 is 2.37 bits per heavy atom. The second-order valence-electron chi connectivity index (χ2n) is 3.86. The molecule has 2 N–H and O–H groups in total. The van der Waals surface area contributed by atoms with Gasteiger partial charge in [-0.3, -0.25) is 0 Å². The summed E-state index contributed by atoms with van der Waals surface area (Å²) in [5.41, 5.74) is 6.06. The molecule has 2 rings (SSSR count). The Bertz CT molecular complexity index is 561. The van der Waals surface area contributed by atoms with E-state index in [1.165, 1.54) is 6.39 Å². The lowest BCUT2D eigenvalue weighted by Gasteiger charge is -2.05. The molecule has 0 spiro atoms. The van der Waals surface area contributed by atoms with Gasteiger partial charge < -0.3 is 19.6 Å². The number of esters is 1. The number of carbonyl (C=O) groups excluding carboxylic acids is 1. The van der Waals surface area contributed by atoms with Gasteiger partial charge in [0.2, 0.25) is 6.39 Å². The first kappa shape index (κ1) is 13.1. The average molecular weight is 265 g/mol. The van der Waals surface area contributed by atoms with Crippen molar-refractivity contribution in [1.29, 1.82) is 0 Å². The monoisotopic (exact) mass is 265 g/mol. The van der Waals surface area contributed by atoms with Crippen LogP contribution in [0.1, 0.15) is 29.1 Å². The number of carbonyl (C=O) groups is 1. The smallest absolute Gasteiger partial charge is 0.360 e. The molecule has 8 nitrogen and oxygen atoms in total. The molecule has 0 saturated carbocycles. The van der Waals surface area contributed by atoms with Gasteiger partial charge in [0.05, 0.1) is 6.61 Å². The number of aromatic nitrogens is 4. The van der Waals surface area contributed by atoms with Crippen molar-refractivity contribution >= 4 is 11.8 Å². The quantitative estimate of drug-likeness (QED) is 0.787. The van der Waals surface area contributed by atoms with Crippen LogP contribution in [0, 0.1) is 6.92 Å². The van der Waals surface area contributed by atoms with Gasteiger partial charge in [0, 0.05) is 13.0 Å². The molecule has 0 fully saturated rings. The predicted molar refractivity (Wildman–Crippen MR) is 65.3 cm³/mol. The summed E-state index contributed by atoms with van der Waals surface area (Å²) in [6.07, 6.45) is 1.81. The van der Waals surface area contributed by atoms with Gasteiger partial charge in [0.25, 0.3) is 0 Å². The number of imidazole rings is 1. The summed E-state index contributed by atoms with van der Waals surface area (Å²) >= 11 is 0. The zero-order valence-electron chi connectivity index (χ0n) is 10.8. The molecule has 0 unspecified atom stereocenters. The van der Waals surface area contributed by atoms with Crippen molar-refractivity contribution < 1.29 is 14.1 Å². The fraction of sp³-hybridized carbons (Fsp3) is 0.455. The minimum absolute atomic E-state index is 0.146. The highest BCUT2D eigenvalue weighted by atomic mass is 16.5. The molecular weight excluding hydrogens is 250 g/mol. The van der Waals surface area contributed by atoms with E-state index in [0.29, 0.717) is 30.4 Å². The third kappa shape index (κ3) is 2.72. The van der Waals surface area contributed by atoms with Crippen molar-refractivity contribution in [3.05, 3.63) is 23.7 Å². The molecule has 2 aromatic heterocycles. The molecule has 2 aromatic rings. The van der Waals surface area contributed by atoms with Crippen molar-refractivity contribution in [2.45, 2.75) is 26.8 Å². The fourth-order valence-electron chi connectivity index (χ4n) is 1.73. The number of nitrogen functional groups attached to an aromatic ring is 1. The Kier molecular flexibility index (Phi) is 3.79. The standard InChI is InChI=1S/C11H15N5O3/c1-3-18-11(17)9-10(12)16(7(2)14-9)5-4-8-13-6-19-15-8/h6H,3-5,12H2,1-2H3. The summed E-state index contributed by atoms with van der Waals surface area (Å²) in [4.78, 5) is 19.7. The summed E-state index contributed by atoms with van der Waals surface area (Å²) in [6, 6.07) is 0. The van der Waals surface area contributed by atoms with Crippen LogP contribution >= 0.6 is 0 Å². The Morgan fingerprint density at radius 3 is 3.00 bits per heavy atom. The molecule has 0 aliphatic heterocycles. The van der Waals surface area contributed by atoms with E-state index in [2.05, 4.69) is 19.6 Å². The lowest BCUT2D eigenvalue weighted by molar-refractivity contribution is 0.0521. The molecule has 2 heterocycles. The maximum Gasteiger partial charge on any atom is 0.360 e. The SMILES string of the molecule is CCOC(=O)c1nc(C)n(CCc2ncon2)c1N. The molecule has 0 bridgehead atoms. The zero-order valence-corrected chi connectivity index (χ0v) is 10.8. The molecule has 102 valence electrons. The lowest BCUT2D eigenvalue weighted by atomic mass is 10.4. The molecule has 0 amide bonds. The number of ether oxygens (including phenoxy) is 1. The number of aryl methyl sites for hydroxylation is 2. The van der Waals surface area contributed by atoms with Crippen LogP contribution in [0.2, 0.25) is 0 Å². The van der Waals surface area contributed by atoms with Crippen LogP contribution in [-0.2, 0) is 17.7 Å². The Balaban J connectivity index is 2.14. The van der Waals surface area contributed by atoms with Crippen molar-refractivity contribution in [2.24, 2.45) is 0 Å². The summed E-state index contributed by atoms with van der Waals surface area (Å²) < 4.78 is 11.3. The number of anilines is 1. The Morgan fingerprint density at radius 1 is 1.58 bits per heavy atom. The minimum atomic E-state index is -0.513. The van der Waals surface area contributed by atoms with Crippen molar-refractivity contribution in [2.75, 3.05) is 12.3 Å². The second-order valence-corrected chi connectivity index (χ2v) is 3.86. The normalized spacial score (nSPS) is 10.6. The van der Waals surface area contributed by atoms with Gasteiger partial charge in [0.1, 0.15) is 11.6 Å². The third-order valence-corrected chi connectivity index (χ3v) is 2.63. The summed E-state index contributed by atoms with van der Waals surface area (Å²) in [5.74, 6) is 0.995. The Labute approximate surface area is 109 Å². The molecular formula is C11H15N5O3. The number of hydrogen-bond acceptors (Lipinski definition) is 7. The molecule has 0 atom stereocenters. The predicted octanol–water partition coefficient (Wildman–Crippen LogP) is 0.576. The van der Waals surface area contributed by atoms with Crippen LogP contribution < -0.4 is 5.73 Å². The van der Waals surface area contributed by atoms with Crippen LogP contribution in [0.5, 0.6) is 0 Å². The molecule has 0 aromatic carbocycles. The first-order valence-electron chi connectivity index (χ1n) is 5.88. The number of rotatable bonds is 5. The van der Waals surface area contributed by atoms with Gasteiger partial charge in [-0.05, 0) is 13.8 Å². The maximum atomic E-state index is 11.6. The summed E-state index contributed by atoms with van der Waals surface area (Å²) in [7, 11) is 0. The van der Waals surface area contributed by atoms with Gasteiger partial charge in [-0.15, -0.1) is 0 Å². The van der Waals surface area contributed by atoms with E-state index < -0.39 is 5.97 Å². The van der Waals surface area contributed by atoms with Crippen LogP contribution in [0.4, 0.5) is 5.82 Å². The molecule has 0 aliphatic carbocycles. The molecule has 0 radical (unpaired) electrons. The summed E-state index contributed by atoms with van der Waals surface area (Å²) in [6.45, 7) is 4.31. The first-order valence-corrected chi connectivity index (χ1v) is 5.88. The van der Waals surface area contributed by atoms with E-state index in [1.807, 2.05) is 0 Å². The molecule has 0 aliphatic rings. The van der Waals surface area contributed by atoms with Crippen LogP contribution in [-0.4, -0.2) is 32.3 Å². The van der Waals surface area contributed by atoms with Crippen LogP contribution in [0.3, 0.4) is 0 Å². The lowest BCUT2D eigenvalue weighted by Crippen LogP contribution is -2.11.